The van der Waals surface area contributed by atoms with Crippen LogP contribution in [0, 0.1) is 0 Å². The Morgan fingerprint density at radius 1 is 1.27 bits per heavy atom. The summed E-state index contributed by atoms with van der Waals surface area (Å²) in [5, 5.41) is 3.14. The van der Waals surface area contributed by atoms with Gasteiger partial charge in [0, 0.05) is 36.8 Å². The Hall–Kier alpha value is -1.92. The summed E-state index contributed by atoms with van der Waals surface area (Å²) in [6.07, 6.45) is 0.486. The Kier molecular flexibility index (Phi) is 3.35. The van der Waals surface area contributed by atoms with Crippen molar-refractivity contribution in [2.24, 2.45) is 0 Å². The molecule has 22 heavy (non-hydrogen) atoms. The normalized spacial score (nSPS) is 18.0. The van der Waals surface area contributed by atoms with Crippen LogP contribution >= 0.6 is 11.3 Å². The van der Waals surface area contributed by atoms with E-state index in [0.29, 0.717) is 6.42 Å². The molecule has 4 rings (SSSR count). The highest BCUT2D eigenvalue weighted by atomic mass is 32.1. The molecular formula is C16H17N3O2S. The van der Waals surface area contributed by atoms with Gasteiger partial charge in [0.25, 0.3) is 0 Å². The van der Waals surface area contributed by atoms with Crippen LogP contribution in [-0.4, -0.2) is 44.2 Å². The quantitative estimate of drug-likeness (QED) is 0.852. The Morgan fingerprint density at radius 3 is 2.91 bits per heavy atom. The summed E-state index contributed by atoms with van der Waals surface area (Å²) in [4.78, 5) is 20.5. The smallest absolute Gasteiger partial charge is 0.231 e. The van der Waals surface area contributed by atoms with Gasteiger partial charge in [0.1, 0.15) is 0 Å². The lowest BCUT2D eigenvalue weighted by Crippen LogP contribution is -2.36. The van der Waals surface area contributed by atoms with Crippen LogP contribution in [-0.2, 0) is 16.0 Å². The largest absolute Gasteiger partial charge is 0.378 e. The van der Waals surface area contributed by atoms with Gasteiger partial charge in [0.2, 0.25) is 5.91 Å². The van der Waals surface area contributed by atoms with Gasteiger partial charge < -0.3 is 14.5 Å². The molecule has 1 saturated heterocycles. The minimum absolute atomic E-state index is 0.152. The average Bonchev–Trinajstić information content (AvgIpc) is 3.14. The SMILES string of the molecule is CN1C(=O)Cc2cc(-c3csc(N4CCOCC4)n3)ccc21. The van der Waals surface area contributed by atoms with E-state index in [-0.39, 0.29) is 5.91 Å². The first-order chi connectivity index (χ1) is 10.7. The highest BCUT2D eigenvalue weighted by Crippen LogP contribution is 2.33. The molecule has 1 fully saturated rings. The standard InChI is InChI=1S/C16H17N3O2S/c1-18-14-3-2-11(8-12(14)9-15(18)20)13-10-22-16(17-13)19-4-6-21-7-5-19/h2-3,8,10H,4-7,9H2,1H3. The molecule has 0 saturated carbocycles. The molecule has 0 N–H and O–H groups in total. The van der Waals surface area contributed by atoms with Crippen molar-refractivity contribution >= 4 is 28.1 Å². The van der Waals surface area contributed by atoms with E-state index >= 15 is 0 Å². The highest BCUT2D eigenvalue weighted by Gasteiger charge is 2.24. The molecule has 0 bridgehead atoms. The number of rotatable bonds is 2. The maximum atomic E-state index is 11.8. The topological polar surface area (TPSA) is 45.7 Å². The van der Waals surface area contributed by atoms with E-state index < -0.39 is 0 Å². The van der Waals surface area contributed by atoms with Crippen LogP contribution in [0.25, 0.3) is 11.3 Å². The third kappa shape index (κ3) is 2.28. The number of carbonyl (C=O) groups excluding carboxylic acids is 1. The lowest BCUT2D eigenvalue weighted by Gasteiger charge is -2.26. The third-order valence-electron chi connectivity index (χ3n) is 4.23. The molecule has 5 nitrogen and oxygen atoms in total. The maximum Gasteiger partial charge on any atom is 0.231 e. The van der Waals surface area contributed by atoms with Gasteiger partial charge in [-0.3, -0.25) is 4.79 Å². The van der Waals surface area contributed by atoms with Gasteiger partial charge in [-0.1, -0.05) is 6.07 Å². The van der Waals surface area contributed by atoms with Crippen LogP contribution in [0.4, 0.5) is 10.8 Å². The number of likely N-dealkylation sites (N-methyl/N-ethyl adjacent to an activating group) is 1. The van der Waals surface area contributed by atoms with Crippen LogP contribution < -0.4 is 9.80 Å². The van der Waals surface area contributed by atoms with Gasteiger partial charge in [0.05, 0.1) is 25.3 Å². The van der Waals surface area contributed by atoms with E-state index in [1.54, 1.807) is 16.2 Å². The van der Waals surface area contributed by atoms with E-state index in [1.165, 1.54) is 0 Å². The van der Waals surface area contributed by atoms with Crippen LogP contribution in [0.5, 0.6) is 0 Å². The monoisotopic (exact) mass is 315 g/mol. The number of benzene rings is 1. The van der Waals surface area contributed by atoms with Crippen molar-refractivity contribution in [2.75, 3.05) is 43.2 Å². The first-order valence-electron chi connectivity index (χ1n) is 7.40. The zero-order valence-electron chi connectivity index (χ0n) is 12.4. The molecule has 6 heteroatoms. The van der Waals surface area contributed by atoms with Crippen molar-refractivity contribution in [2.45, 2.75) is 6.42 Å². The van der Waals surface area contributed by atoms with Crippen LogP contribution in [0.2, 0.25) is 0 Å². The van der Waals surface area contributed by atoms with Gasteiger partial charge in [-0.05, 0) is 17.7 Å². The lowest BCUT2D eigenvalue weighted by molar-refractivity contribution is -0.117. The molecule has 3 heterocycles. The first kappa shape index (κ1) is 13.7. The summed E-state index contributed by atoms with van der Waals surface area (Å²) < 4.78 is 5.38. The number of carbonyl (C=O) groups is 1. The Balaban J connectivity index is 1.62. The predicted molar refractivity (Wildman–Crippen MR) is 87.7 cm³/mol. The highest BCUT2D eigenvalue weighted by molar-refractivity contribution is 7.14. The van der Waals surface area contributed by atoms with Gasteiger partial charge in [-0.25, -0.2) is 4.98 Å². The van der Waals surface area contributed by atoms with Gasteiger partial charge >= 0.3 is 0 Å². The minimum atomic E-state index is 0.152. The molecule has 0 radical (unpaired) electrons. The molecule has 0 atom stereocenters. The maximum absolute atomic E-state index is 11.8. The Morgan fingerprint density at radius 2 is 2.09 bits per heavy atom. The van der Waals surface area contributed by atoms with E-state index in [0.717, 1.165) is 53.9 Å². The second kappa shape index (κ2) is 5.37. The zero-order chi connectivity index (χ0) is 15.1. The molecule has 0 unspecified atom stereocenters. The van der Waals surface area contributed by atoms with E-state index in [4.69, 9.17) is 9.72 Å². The van der Waals surface area contributed by atoms with E-state index in [9.17, 15) is 4.79 Å². The lowest BCUT2D eigenvalue weighted by atomic mass is 10.1. The number of amides is 1. The molecule has 2 aromatic rings. The fraction of sp³-hybridized carbons (Fsp3) is 0.375. The van der Waals surface area contributed by atoms with Crippen molar-refractivity contribution in [1.82, 2.24) is 4.98 Å². The molecule has 1 amide bonds. The summed E-state index contributed by atoms with van der Waals surface area (Å²) in [7, 11) is 1.83. The number of morpholine rings is 1. The summed E-state index contributed by atoms with van der Waals surface area (Å²) in [6.45, 7) is 3.33. The number of aromatic nitrogens is 1. The number of hydrogen-bond acceptors (Lipinski definition) is 5. The van der Waals surface area contributed by atoms with Gasteiger partial charge in [-0.15, -0.1) is 11.3 Å². The third-order valence-corrected chi connectivity index (χ3v) is 5.13. The molecule has 114 valence electrons. The Labute approximate surface area is 133 Å². The van der Waals surface area contributed by atoms with Gasteiger partial charge in [-0.2, -0.15) is 0 Å². The number of ether oxygens (including phenoxy) is 1. The summed E-state index contributed by atoms with van der Waals surface area (Å²) in [5.74, 6) is 0.152. The minimum Gasteiger partial charge on any atom is -0.378 e. The number of nitrogens with zero attached hydrogens (tertiary/aromatic N) is 3. The molecule has 2 aliphatic rings. The summed E-state index contributed by atoms with van der Waals surface area (Å²) in [5.41, 5.74) is 4.16. The number of thiazole rings is 1. The number of fused-ring (bicyclic) bond motifs is 1. The predicted octanol–water partition coefficient (Wildman–Crippen LogP) is 2.17. The molecule has 0 spiro atoms. The van der Waals surface area contributed by atoms with Crippen LogP contribution in [0.1, 0.15) is 5.56 Å². The molecule has 2 aliphatic heterocycles. The van der Waals surface area contributed by atoms with Crippen molar-refractivity contribution < 1.29 is 9.53 Å². The summed E-state index contributed by atoms with van der Waals surface area (Å²) >= 11 is 1.67. The molecular weight excluding hydrogens is 298 g/mol. The number of hydrogen-bond donors (Lipinski definition) is 0. The van der Waals surface area contributed by atoms with Crippen molar-refractivity contribution in [3.63, 3.8) is 0 Å². The zero-order valence-corrected chi connectivity index (χ0v) is 13.2. The molecule has 0 aliphatic carbocycles. The average molecular weight is 315 g/mol. The number of anilines is 2. The van der Waals surface area contributed by atoms with Crippen LogP contribution in [0.3, 0.4) is 0 Å². The van der Waals surface area contributed by atoms with E-state index in [1.807, 2.05) is 19.2 Å². The fourth-order valence-electron chi connectivity index (χ4n) is 2.93. The molecule has 1 aromatic carbocycles. The second-order valence-electron chi connectivity index (χ2n) is 5.59. The van der Waals surface area contributed by atoms with Gasteiger partial charge in [0.15, 0.2) is 5.13 Å². The second-order valence-corrected chi connectivity index (χ2v) is 6.42. The molecule has 1 aromatic heterocycles. The van der Waals surface area contributed by atoms with E-state index in [2.05, 4.69) is 16.3 Å². The van der Waals surface area contributed by atoms with Crippen molar-refractivity contribution in [3.05, 3.63) is 29.1 Å². The van der Waals surface area contributed by atoms with Crippen molar-refractivity contribution in [3.8, 4) is 11.3 Å². The fourth-order valence-corrected chi connectivity index (χ4v) is 3.81. The van der Waals surface area contributed by atoms with Crippen molar-refractivity contribution in [1.29, 1.82) is 0 Å². The Bertz CT molecular complexity index is 722. The summed E-state index contributed by atoms with van der Waals surface area (Å²) in [6, 6.07) is 6.16. The van der Waals surface area contributed by atoms with Crippen LogP contribution in [0.15, 0.2) is 23.6 Å². The first-order valence-corrected chi connectivity index (χ1v) is 8.28.